The molecular weight excluding hydrogens is 244 g/mol. The zero-order valence-electron chi connectivity index (χ0n) is 11.5. The molecule has 3 aliphatic rings. The Labute approximate surface area is 113 Å². The third-order valence-corrected chi connectivity index (χ3v) is 5.57. The maximum Gasteiger partial charge on any atom is 0.309 e. The van der Waals surface area contributed by atoms with Crippen LogP contribution in [0.3, 0.4) is 0 Å². The highest BCUT2D eigenvalue weighted by Crippen LogP contribution is 2.52. The van der Waals surface area contributed by atoms with Crippen molar-refractivity contribution in [1.82, 2.24) is 0 Å². The predicted molar refractivity (Wildman–Crippen MR) is 69.1 cm³/mol. The molecule has 0 amide bonds. The van der Waals surface area contributed by atoms with E-state index in [0.717, 1.165) is 5.57 Å². The van der Waals surface area contributed by atoms with Crippen LogP contribution in [0.5, 0.6) is 0 Å². The molecule has 4 heteroatoms. The number of ether oxygens (including phenoxy) is 1. The van der Waals surface area contributed by atoms with Crippen molar-refractivity contribution in [2.75, 3.05) is 0 Å². The van der Waals surface area contributed by atoms with Gasteiger partial charge in [-0.2, -0.15) is 0 Å². The summed E-state index contributed by atoms with van der Waals surface area (Å²) in [5, 5.41) is 20.5. The van der Waals surface area contributed by atoms with Gasteiger partial charge in [-0.25, -0.2) is 0 Å². The van der Waals surface area contributed by atoms with Gasteiger partial charge < -0.3 is 14.9 Å². The topological polar surface area (TPSA) is 66.8 Å². The molecule has 2 aliphatic carbocycles. The number of rotatable bonds is 0. The molecule has 8 unspecified atom stereocenters. The van der Waals surface area contributed by atoms with Crippen LogP contribution >= 0.6 is 0 Å². The summed E-state index contributed by atoms with van der Waals surface area (Å²) in [6.45, 7) is 7.93. The first-order valence-electron chi connectivity index (χ1n) is 7.16. The standard InChI is InChI=1S/C15H22O4/c1-6-4-11(17)13-8(3)15(18)19-14(13)12-7(2)10(16)5-9(6)12/h7-14,16-17H,1,4-5H2,2-3H3. The Kier molecular flexibility index (Phi) is 2.98. The van der Waals surface area contributed by atoms with Gasteiger partial charge in [0.15, 0.2) is 0 Å². The highest BCUT2D eigenvalue weighted by atomic mass is 16.6. The second-order valence-corrected chi connectivity index (χ2v) is 6.54. The van der Waals surface area contributed by atoms with Crippen LogP contribution in [-0.2, 0) is 9.53 Å². The normalized spacial score (nSPS) is 53.5. The maximum absolute atomic E-state index is 11.8. The van der Waals surface area contributed by atoms with E-state index in [0.29, 0.717) is 12.8 Å². The van der Waals surface area contributed by atoms with Crippen LogP contribution in [0.25, 0.3) is 0 Å². The van der Waals surface area contributed by atoms with Crippen LogP contribution < -0.4 is 0 Å². The number of aliphatic hydroxyl groups excluding tert-OH is 2. The van der Waals surface area contributed by atoms with Gasteiger partial charge in [0, 0.05) is 11.8 Å². The third kappa shape index (κ3) is 1.77. The first kappa shape index (κ1) is 13.1. The van der Waals surface area contributed by atoms with E-state index >= 15 is 0 Å². The number of aliphatic hydroxyl groups is 2. The molecule has 2 saturated carbocycles. The summed E-state index contributed by atoms with van der Waals surface area (Å²) in [6, 6.07) is 0. The van der Waals surface area contributed by atoms with Crippen LogP contribution in [0.4, 0.5) is 0 Å². The summed E-state index contributed by atoms with van der Waals surface area (Å²) in [6.07, 6.45) is -0.00463. The Balaban J connectivity index is 2.00. The van der Waals surface area contributed by atoms with Crippen molar-refractivity contribution in [1.29, 1.82) is 0 Å². The average Bonchev–Trinajstić information content (AvgIpc) is 2.75. The summed E-state index contributed by atoms with van der Waals surface area (Å²) < 4.78 is 5.56. The van der Waals surface area contributed by atoms with Crippen molar-refractivity contribution in [3.05, 3.63) is 12.2 Å². The molecule has 1 heterocycles. The van der Waals surface area contributed by atoms with Crippen molar-refractivity contribution < 1.29 is 19.7 Å². The first-order valence-corrected chi connectivity index (χ1v) is 7.16. The molecule has 0 bridgehead atoms. The Morgan fingerprint density at radius 3 is 2.58 bits per heavy atom. The fraction of sp³-hybridized carbons (Fsp3) is 0.800. The summed E-state index contributed by atoms with van der Waals surface area (Å²) in [5.41, 5.74) is 0.999. The van der Waals surface area contributed by atoms with Crippen LogP contribution in [0.15, 0.2) is 12.2 Å². The van der Waals surface area contributed by atoms with Crippen LogP contribution in [0, 0.1) is 29.6 Å². The maximum atomic E-state index is 11.8. The molecule has 2 N–H and O–H groups in total. The molecule has 0 aromatic rings. The van der Waals surface area contributed by atoms with Gasteiger partial charge in [-0.15, -0.1) is 0 Å². The van der Waals surface area contributed by atoms with Gasteiger partial charge in [-0.3, -0.25) is 4.79 Å². The second kappa shape index (κ2) is 4.32. The number of hydrogen-bond acceptors (Lipinski definition) is 4. The van der Waals surface area contributed by atoms with Crippen molar-refractivity contribution >= 4 is 5.97 Å². The van der Waals surface area contributed by atoms with E-state index in [2.05, 4.69) is 6.58 Å². The van der Waals surface area contributed by atoms with Crippen molar-refractivity contribution in [3.8, 4) is 0 Å². The fourth-order valence-electron chi connectivity index (χ4n) is 4.43. The van der Waals surface area contributed by atoms with Gasteiger partial charge in [-0.05, 0) is 24.7 Å². The van der Waals surface area contributed by atoms with Crippen molar-refractivity contribution in [3.63, 3.8) is 0 Å². The minimum Gasteiger partial charge on any atom is -0.461 e. The molecular formula is C15H22O4. The molecule has 3 rings (SSSR count). The molecule has 8 atom stereocenters. The van der Waals surface area contributed by atoms with E-state index in [9.17, 15) is 15.0 Å². The lowest BCUT2D eigenvalue weighted by Gasteiger charge is -2.30. The van der Waals surface area contributed by atoms with E-state index in [1.165, 1.54) is 0 Å². The van der Waals surface area contributed by atoms with E-state index in [4.69, 9.17) is 4.74 Å². The number of carbonyl (C=O) groups is 1. The number of esters is 1. The molecule has 0 aromatic carbocycles. The Hall–Kier alpha value is -0.870. The SMILES string of the molecule is C=C1CC(O)C2C(C)C(=O)OC2C2C1CC(O)C2C. The van der Waals surface area contributed by atoms with Gasteiger partial charge in [0.05, 0.1) is 18.1 Å². The molecule has 0 spiro atoms. The van der Waals surface area contributed by atoms with Gasteiger partial charge in [0.1, 0.15) is 6.10 Å². The van der Waals surface area contributed by atoms with Gasteiger partial charge in [-0.1, -0.05) is 26.0 Å². The molecule has 1 aliphatic heterocycles. The van der Waals surface area contributed by atoms with E-state index in [-0.39, 0.29) is 47.8 Å². The zero-order chi connectivity index (χ0) is 13.9. The van der Waals surface area contributed by atoms with Gasteiger partial charge in [0.2, 0.25) is 0 Å². The molecule has 0 aromatic heterocycles. The van der Waals surface area contributed by atoms with Gasteiger partial charge >= 0.3 is 5.97 Å². The Morgan fingerprint density at radius 1 is 1.21 bits per heavy atom. The predicted octanol–water partition coefficient (Wildman–Crippen LogP) is 1.12. The zero-order valence-corrected chi connectivity index (χ0v) is 11.5. The van der Waals surface area contributed by atoms with Crippen molar-refractivity contribution in [2.45, 2.75) is 45.0 Å². The monoisotopic (exact) mass is 266 g/mol. The molecule has 0 radical (unpaired) electrons. The third-order valence-electron chi connectivity index (χ3n) is 5.57. The number of hydrogen-bond donors (Lipinski definition) is 2. The van der Waals surface area contributed by atoms with E-state index in [1.54, 1.807) is 0 Å². The highest BCUT2D eigenvalue weighted by Gasteiger charge is 2.57. The largest absolute Gasteiger partial charge is 0.461 e. The minimum absolute atomic E-state index is 0.0812. The lowest BCUT2D eigenvalue weighted by atomic mass is 9.77. The second-order valence-electron chi connectivity index (χ2n) is 6.54. The first-order chi connectivity index (χ1) is 8.91. The van der Waals surface area contributed by atoms with Gasteiger partial charge in [0.25, 0.3) is 0 Å². The fourth-order valence-corrected chi connectivity index (χ4v) is 4.43. The highest BCUT2D eigenvalue weighted by molar-refractivity contribution is 5.75. The lowest BCUT2D eigenvalue weighted by molar-refractivity contribution is -0.146. The Bertz CT molecular complexity index is 418. The molecule has 4 nitrogen and oxygen atoms in total. The lowest BCUT2D eigenvalue weighted by Crippen LogP contribution is -2.37. The summed E-state index contributed by atoms with van der Waals surface area (Å²) in [7, 11) is 0. The van der Waals surface area contributed by atoms with Crippen LogP contribution in [0.1, 0.15) is 26.7 Å². The average molecular weight is 266 g/mol. The molecule has 3 fully saturated rings. The summed E-state index contributed by atoms with van der Waals surface area (Å²) >= 11 is 0. The van der Waals surface area contributed by atoms with E-state index in [1.807, 2.05) is 13.8 Å². The molecule has 106 valence electrons. The smallest absolute Gasteiger partial charge is 0.309 e. The van der Waals surface area contributed by atoms with Crippen LogP contribution in [0.2, 0.25) is 0 Å². The van der Waals surface area contributed by atoms with E-state index < -0.39 is 6.10 Å². The van der Waals surface area contributed by atoms with Crippen molar-refractivity contribution in [2.24, 2.45) is 29.6 Å². The molecule has 19 heavy (non-hydrogen) atoms. The minimum atomic E-state index is -0.561. The number of carbonyl (C=O) groups excluding carboxylic acids is 1. The Morgan fingerprint density at radius 2 is 1.89 bits per heavy atom. The summed E-state index contributed by atoms with van der Waals surface area (Å²) in [5.74, 6) is -0.304. The number of fused-ring (bicyclic) bond motifs is 3. The molecule has 1 saturated heterocycles. The van der Waals surface area contributed by atoms with Crippen LogP contribution in [-0.4, -0.2) is 34.5 Å². The quantitative estimate of drug-likeness (QED) is 0.509. The summed E-state index contributed by atoms with van der Waals surface area (Å²) in [4.78, 5) is 11.8.